The van der Waals surface area contributed by atoms with E-state index < -0.39 is 10.0 Å². The molecule has 0 radical (unpaired) electrons. The summed E-state index contributed by atoms with van der Waals surface area (Å²) < 4.78 is 26.6. The number of H-pyrrole nitrogens is 1. The largest absolute Gasteiger partial charge is 0.369 e. The van der Waals surface area contributed by atoms with Gasteiger partial charge in [-0.3, -0.25) is 0 Å². The fraction of sp³-hybridized carbons (Fsp3) is 0.588. The Morgan fingerprint density at radius 1 is 1.42 bits per heavy atom. The van der Waals surface area contributed by atoms with E-state index in [0.29, 0.717) is 25.4 Å². The Balaban J connectivity index is 1.88. The minimum atomic E-state index is -3.15. The van der Waals surface area contributed by atoms with E-state index in [1.165, 1.54) is 0 Å². The minimum Gasteiger partial charge on any atom is -0.369 e. The molecule has 1 saturated heterocycles. The molecule has 132 valence electrons. The molecule has 0 saturated carbocycles. The fourth-order valence-electron chi connectivity index (χ4n) is 3.60. The van der Waals surface area contributed by atoms with Crippen LogP contribution in [0.3, 0.4) is 0 Å². The van der Waals surface area contributed by atoms with Crippen LogP contribution in [0.2, 0.25) is 0 Å². The second kappa shape index (κ2) is 6.72. The quantitative estimate of drug-likeness (QED) is 0.899. The molecule has 3 heterocycles. The molecule has 2 atom stereocenters. The lowest BCUT2D eigenvalue weighted by atomic mass is 9.93. The summed E-state index contributed by atoms with van der Waals surface area (Å²) in [5.41, 5.74) is 1.95. The maximum atomic E-state index is 12.5. The standard InChI is InChI=1S/C17H26N4O2S/c1-4-11-24(22,23)21-10-7-13(2)16(12-21)20(3)15-6-9-19-17-14(15)5-8-18-17/h5-6,8-9,13,16H,4,7,10-12H2,1-3H3,(H,18,19). The molecule has 6 nitrogen and oxygen atoms in total. The first kappa shape index (κ1) is 17.2. The molecular weight excluding hydrogens is 324 g/mol. The Labute approximate surface area is 143 Å². The number of hydrogen-bond donors (Lipinski definition) is 1. The van der Waals surface area contributed by atoms with Gasteiger partial charge in [0.2, 0.25) is 10.0 Å². The molecular formula is C17H26N4O2S. The topological polar surface area (TPSA) is 69.3 Å². The van der Waals surface area contributed by atoms with Crippen molar-refractivity contribution in [2.45, 2.75) is 32.7 Å². The molecule has 0 amide bonds. The van der Waals surface area contributed by atoms with E-state index in [1.807, 2.05) is 25.3 Å². The number of anilines is 1. The predicted octanol–water partition coefficient (Wildman–Crippen LogP) is 2.45. The van der Waals surface area contributed by atoms with Crippen molar-refractivity contribution in [1.82, 2.24) is 14.3 Å². The number of piperidine rings is 1. The summed E-state index contributed by atoms with van der Waals surface area (Å²) in [5.74, 6) is 0.667. The van der Waals surface area contributed by atoms with Gasteiger partial charge in [-0.15, -0.1) is 0 Å². The van der Waals surface area contributed by atoms with Gasteiger partial charge in [0.25, 0.3) is 0 Å². The van der Waals surface area contributed by atoms with E-state index in [1.54, 1.807) is 10.5 Å². The van der Waals surface area contributed by atoms with E-state index in [2.05, 4.69) is 28.8 Å². The summed E-state index contributed by atoms with van der Waals surface area (Å²) in [7, 11) is -1.09. The second-order valence-corrected chi connectivity index (χ2v) is 8.78. The number of nitrogens with one attached hydrogen (secondary N) is 1. The van der Waals surface area contributed by atoms with Gasteiger partial charge in [0.1, 0.15) is 5.65 Å². The first-order chi connectivity index (χ1) is 11.4. The average molecular weight is 350 g/mol. The Kier molecular flexibility index (Phi) is 4.83. The van der Waals surface area contributed by atoms with Gasteiger partial charge in [-0.1, -0.05) is 13.8 Å². The highest BCUT2D eigenvalue weighted by molar-refractivity contribution is 7.89. The fourth-order valence-corrected chi connectivity index (χ4v) is 5.13. The molecule has 1 aliphatic heterocycles. The zero-order valence-corrected chi connectivity index (χ0v) is 15.4. The van der Waals surface area contributed by atoms with Crippen molar-refractivity contribution in [2.75, 3.05) is 30.8 Å². The molecule has 2 aromatic rings. The van der Waals surface area contributed by atoms with Gasteiger partial charge in [-0.25, -0.2) is 13.4 Å². The predicted molar refractivity (Wildman–Crippen MR) is 97.7 cm³/mol. The van der Waals surface area contributed by atoms with Crippen LogP contribution in [0.15, 0.2) is 24.5 Å². The first-order valence-corrected chi connectivity index (χ1v) is 10.2. The number of nitrogens with zero attached hydrogens (tertiary/aromatic N) is 3. The van der Waals surface area contributed by atoms with E-state index >= 15 is 0 Å². The van der Waals surface area contributed by atoms with Crippen LogP contribution in [0.1, 0.15) is 26.7 Å². The summed E-state index contributed by atoms with van der Waals surface area (Å²) in [6.07, 6.45) is 5.23. The number of hydrogen-bond acceptors (Lipinski definition) is 4. The zero-order chi connectivity index (χ0) is 17.3. The maximum Gasteiger partial charge on any atom is 0.214 e. The summed E-state index contributed by atoms with van der Waals surface area (Å²) in [6.45, 7) is 5.30. The number of sulfonamides is 1. The number of aromatic nitrogens is 2. The summed E-state index contributed by atoms with van der Waals surface area (Å²) in [6, 6.07) is 4.18. The summed E-state index contributed by atoms with van der Waals surface area (Å²) >= 11 is 0. The van der Waals surface area contributed by atoms with Gasteiger partial charge >= 0.3 is 0 Å². The molecule has 24 heavy (non-hydrogen) atoms. The van der Waals surface area contributed by atoms with Crippen molar-refractivity contribution in [3.63, 3.8) is 0 Å². The Morgan fingerprint density at radius 3 is 2.96 bits per heavy atom. The van der Waals surface area contributed by atoms with E-state index in [9.17, 15) is 8.42 Å². The highest BCUT2D eigenvalue weighted by Gasteiger charge is 2.34. The third-order valence-electron chi connectivity index (χ3n) is 5.05. The van der Waals surface area contributed by atoms with Gasteiger partial charge in [0.05, 0.1) is 5.75 Å². The molecule has 1 aliphatic rings. The third kappa shape index (κ3) is 3.15. The molecule has 0 bridgehead atoms. The summed E-state index contributed by atoms with van der Waals surface area (Å²) in [4.78, 5) is 9.69. The summed E-state index contributed by atoms with van der Waals surface area (Å²) in [5, 5.41) is 1.07. The maximum absolute atomic E-state index is 12.5. The van der Waals surface area contributed by atoms with Crippen LogP contribution in [-0.2, 0) is 10.0 Å². The highest BCUT2D eigenvalue weighted by Crippen LogP contribution is 2.31. The van der Waals surface area contributed by atoms with Crippen molar-refractivity contribution in [2.24, 2.45) is 5.92 Å². The third-order valence-corrected chi connectivity index (χ3v) is 7.09. The van der Waals surface area contributed by atoms with Crippen molar-refractivity contribution >= 4 is 26.7 Å². The van der Waals surface area contributed by atoms with Gasteiger partial charge < -0.3 is 9.88 Å². The van der Waals surface area contributed by atoms with Crippen LogP contribution in [0, 0.1) is 5.92 Å². The van der Waals surface area contributed by atoms with Crippen molar-refractivity contribution in [3.8, 4) is 0 Å². The lowest BCUT2D eigenvalue weighted by Crippen LogP contribution is -2.53. The van der Waals surface area contributed by atoms with Crippen LogP contribution < -0.4 is 4.90 Å². The Hall–Kier alpha value is -1.60. The van der Waals surface area contributed by atoms with Gasteiger partial charge in [-0.05, 0) is 30.9 Å². The molecule has 3 rings (SSSR count). The van der Waals surface area contributed by atoms with Crippen LogP contribution in [0.25, 0.3) is 11.0 Å². The molecule has 1 fully saturated rings. The van der Waals surface area contributed by atoms with Gasteiger partial charge in [0.15, 0.2) is 0 Å². The van der Waals surface area contributed by atoms with Crippen molar-refractivity contribution < 1.29 is 8.42 Å². The molecule has 2 aromatic heterocycles. The SMILES string of the molecule is CCCS(=O)(=O)N1CCC(C)C(N(C)c2ccnc3[nH]ccc23)C1. The molecule has 0 spiro atoms. The van der Waals surface area contributed by atoms with Gasteiger partial charge in [0, 0.05) is 49.6 Å². The smallest absolute Gasteiger partial charge is 0.214 e. The Morgan fingerprint density at radius 2 is 2.21 bits per heavy atom. The van der Waals surface area contributed by atoms with E-state index in [-0.39, 0.29) is 11.8 Å². The van der Waals surface area contributed by atoms with E-state index in [4.69, 9.17) is 0 Å². The van der Waals surface area contributed by atoms with Crippen LogP contribution in [0.4, 0.5) is 5.69 Å². The monoisotopic (exact) mass is 350 g/mol. The Bertz CT molecular complexity index is 802. The normalized spacial score (nSPS) is 22.8. The van der Waals surface area contributed by atoms with E-state index in [0.717, 1.165) is 23.1 Å². The van der Waals surface area contributed by atoms with Crippen LogP contribution >= 0.6 is 0 Å². The van der Waals surface area contributed by atoms with Gasteiger partial charge in [-0.2, -0.15) is 4.31 Å². The molecule has 1 N–H and O–H groups in total. The molecule has 0 aliphatic carbocycles. The molecule has 7 heteroatoms. The zero-order valence-electron chi connectivity index (χ0n) is 14.6. The number of aromatic amines is 1. The minimum absolute atomic E-state index is 0.158. The molecule has 2 unspecified atom stereocenters. The van der Waals surface area contributed by atoms with Crippen LogP contribution in [-0.4, -0.2) is 54.6 Å². The lowest BCUT2D eigenvalue weighted by Gasteiger charge is -2.42. The number of likely N-dealkylation sites (N-methyl/N-ethyl adjacent to an activating group) is 1. The van der Waals surface area contributed by atoms with Crippen molar-refractivity contribution in [3.05, 3.63) is 24.5 Å². The second-order valence-electron chi connectivity index (χ2n) is 6.69. The number of pyridine rings is 1. The molecule has 0 aromatic carbocycles. The number of fused-ring (bicyclic) bond motifs is 1. The van der Waals surface area contributed by atoms with Crippen molar-refractivity contribution in [1.29, 1.82) is 0 Å². The van der Waals surface area contributed by atoms with Crippen LogP contribution in [0.5, 0.6) is 0 Å². The first-order valence-electron chi connectivity index (χ1n) is 8.56. The lowest BCUT2D eigenvalue weighted by molar-refractivity contribution is 0.248. The number of rotatable bonds is 5. The average Bonchev–Trinajstić information content (AvgIpc) is 3.03. The highest BCUT2D eigenvalue weighted by atomic mass is 32.2.